The molecule has 56 heavy (non-hydrogen) atoms. The Hall–Kier alpha value is -3.41. The van der Waals surface area contributed by atoms with E-state index in [0.717, 1.165) is 23.4 Å². The van der Waals surface area contributed by atoms with Gasteiger partial charge < -0.3 is 39.9 Å². The Kier molecular flexibility index (Phi) is 19.4. The van der Waals surface area contributed by atoms with E-state index < -0.39 is 36.3 Å². The van der Waals surface area contributed by atoms with E-state index in [9.17, 15) is 19.2 Å². The van der Waals surface area contributed by atoms with Crippen molar-refractivity contribution in [1.82, 2.24) is 30.6 Å². The first kappa shape index (κ1) is 47.0. The van der Waals surface area contributed by atoms with Gasteiger partial charge in [-0.05, 0) is 42.6 Å². The number of carbonyl (C=O) groups is 4. The fourth-order valence-corrected chi connectivity index (χ4v) is 8.50. The molecular weight excluding hydrogens is 733 g/mol. The second-order valence-electron chi connectivity index (χ2n) is 15.7. The summed E-state index contributed by atoms with van der Waals surface area (Å²) in [6.07, 6.45) is 3.35. The number of thiazole rings is 1. The average Bonchev–Trinajstić information content (AvgIpc) is 3.90. The number of nitrogens with one attached hydrogen (secondary N) is 3. The molecule has 2 heterocycles. The number of hydrogen-bond donors (Lipinski definition) is 4. The number of nitrogens with two attached hydrogens (primary N) is 1. The Morgan fingerprint density at radius 2 is 1.68 bits per heavy atom. The maximum absolute atomic E-state index is 14.3. The minimum Gasteiger partial charge on any atom is -0.379 e. The van der Waals surface area contributed by atoms with Crippen LogP contribution >= 0.6 is 11.3 Å². The number of aromatic nitrogens is 1. The minimum atomic E-state index is -0.824. The fraction of sp³-hybridized carbons (Fsp3) is 0.675. The molecule has 1 aromatic heterocycles. The third-order valence-corrected chi connectivity index (χ3v) is 12.1. The lowest BCUT2D eigenvalue weighted by Crippen LogP contribution is -2.60. The first-order valence-electron chi connectivity index (χ1n) is 19.9. The van der Waals surface area contributed by atoms with Gasteiger partial charge in [0.2, 0.25) is 23.6 Å². The van der Waals surface area contributed by atoms with E-state index in [2.05, 4.69) is 25.6 Å². The molecule has 1 aliphatic rings. The molecule has 0 radical (unpaired) electrons. The maximum atomic E-state index is 14.3. The highest BCUT2D eigenvalue weighted by molar-refractivity contribution is 7.09. The van der Waals surface area contributed by atoms with Crippen LogP contribution in [0, 0.1) is 23.7 Å². The zero-order chi connectivity index (χ0) is 41.5. The summed E-state index contributed by atoms with van der Waals surface area (Å²) in [7, 11) is 4.85. The van der Waals surface area contributed by atoms with Crippen LogP contribution in [0.1, 0.15) is 90.8 Å². The lowest BCUT2D eigenvalue weighted by molar-refractivity contribution is -0.147. The van der Waals surface area contributed by atoms with Gasteiger partial charge in [0.15, 0.2) is 0 Å². The molecule has 1 aliphatic heterocycles. The number of rotatable bonds is 23. The normalized spacial score (nSPS) is 18.7. The molecule has 1 fully saturated rings. The molecule has 312 valence electrons. The number of amides is 4. The summed E-state index contributed by atoms with van der Waals surface area (Å²) >= 11 is 1.50. The molecule has 1 aromatic carbocycles. The van der Waals surface area contributed by atoms with Crippen LogP contribution in [0.4, 0.5) is 0 Å². The molecule has 5 N–H and O–H groups in total. The number of nitrogens with zero attached hydrogens (tertiary/aromatic N) is 3. The molecule has 16 heteroatoms. The SMILES string of the molecule is CC[C@H](C)[C@@H]([C@@H](CC(=O)N1CCC[C@H]1[C@H](OC)[C@@H](C)C(=O)NC(Cc1ccccc1)c1nccs1)OC)N(C)C(=O)[C@@H](NC(=O)C(NBON)C(C)C)C(C)C. The molecule has 14 nitrogen and oxygen atoms in total. The van der Waals surface area contributed by atoms with Crippen molar-refractivity contribution in [2.24, 2.45) is 29.6 Å². The lowest BCUT2D eigenvalue weighted by Gasteiger charge is -2.41. The van der Waals surface area contributed by atoms with Gasteiger partial charge in [-0.2, -0.15) is 0 Å². The van der Waals surface area contributed by atoms with Crippen molar-refractivity contribution in [3.05, 3.63) is 52.5 Å². The molecule has 0 spiro atoms. The monoisotopic (exact) mass is 799 g/mol. The number of hydrogen-bond acceptors (Lipinski definition) is 11. The van der Waals surface area contributed by atoms with Crippen LogP contribution in [0.15, 0.2) is 41.9 Å². The number of likely N-dealkylation sites (N-methyl/N-ethyl adjacent to an activating group) is 1. The van der Waals surface area contributed by atoms with Crippen molar-refractivity contribution in [1.29, 1.82) is 0 Å². The van der Waals surface area contributed by atoms with Gasteiger partial charge in [-0.3, -0.25) is 19.2 Å². The largest absolute Gasteiger partial charge is 0.384 e. The van der Waals surface area contributed by atoms with Crippen LogP contribution < -0.4 is 21.8 Å². The number of benzene rings is 1. The van der Waals surface area contributed by atoms with Gasteiger partial charge in [0.25, 0.3) is 0 Å². The van der Waals surface area contributed by atoms with Crippen molar-refractivity contribution < 1.29 is 33.4 Å². The summed E-state index contributed by atoms with van der Waals surface area (Å²) in [5.41, 5.74) is 1.09. The van der Waals surface area contributed by atoms with E-state index in [1.807, 2.05) is 89.1 Å². The minimum absolute atomic E-state index is 0.0201. The number of likely N-dealkylation sites (tertiary alicyclic amines) is 1. The number of methoxy groups -OCH3 is 2. The second-order valence-corrected chi connectivity index (χ2v) is 16.6. The van der Waals surface area contributed by atoms with E-state index in [-0.39, 0.29) is 67.5 Å². The molecule has 1 saturated heterocycles. The molecule has 2 aromatic rings. The summed E-state index contributed by atoms with van der Waals surface area (Å²) in [6, 6.07) is 7.43. The van der Waals surface area contributed by atoms with Crippen molar-refractivity contribution >= 4 is 42.6 Å². The van der Waals surface area contributed by atoms with Crippen LogP contribution in [0.5, 0.6) is 0 Å². The van der Waals surface area contributed by atoms with Gasteiger partial charge >= 0.3 is 7.62 Å². The van der Waals surface area contributed by atoms with Crippen LogP contribution in [-0.4, -0.2) is 110 Å². The average molecular weight is 800 g/mol. The fourth-order valence-electron chi connectivity index (χ4n) is 7.81. The first-order chi connectivity index (χ1) is 26.7. The Balaban J connectivity index is 1.78. The lowest BCUT2D eigenvalue weighted by atomic mass is 9.89. The molecule has 3 rings (SSSR count). The molecule has 0 aliphatic carbocycles. The third kappa shape index (κ3) is 12.5. The van der Waals surface area contributed by atoms with Gasteiger partial charge in [-0.25, -0.2) is 10.9 Å². The van der Waals surface area contributed by atoms with Crippen LogP contribution in [0.25, 0.3) is 0 Å². The highest BCUT2D eigenvalue weighted by atomic mass is 32.1. The van der Waals surface area contributed by atoms with Crippen LogP contribution in [0.3, 0.4) is 0 Å². The highest BCUT2D eigenvalue weighted by Gasteiger charge is 2.43. The summed E-state index contributed by atoms with van der Waals surface area (Å²) in [6.45, 7) is 14.0. The molecular formula is C40H66BN7O7S. The smallest absolute Gasteiger partial charge is 0.379 e. The van der Waals surface area contributed by atoms with Gasteiger partial charge in [0.1, 0.15) is 11.0 Å². The zero-order valence-corrected chi connectivity index (χ0v) is 35.8. The van der Waals surface area contributed by atoms with Gasteiger partial charge in [0.05, 0.1) is 48.7 Å². The van der Waals surface area contributed by atoms with E-state index in [4.69, 9.17) is 15.4 Å². The third-order valence-electron chi connectivity index (χ3n) is 11.2. The summed E-state index contributed by atoms with van der Waals surface area (Å²) in [5.74, 6) is 3.37. The van der Waals surface area contributed by atoms with Crippen molar-refractivity contribution in [2.45, 2.75) is 123 Å². The van der Waals surface area contributed by atoms with Crippen molar-refractivity contribution in [3.8, 4) is 0 Å². The topological polar surface area (TPSA) is 177 Å². The van der Waals surface area contributed by atoms with Gasteiger partial charge in [-0.1, -0.05) is 85.2 Å². The summed E-state index contributed by atoms with van der Waals surface area (Å²) in [5, 5.41) is 11.9. The Morgan fingerprint density at radius 3 is 2.23 bits per heavy atom. The Morgan fingerprint density at radius 1 is 1.00 bits per heavy atom. The van der Waals surface area contributed by atoms with Gasteiger partial charge in [-0.15, -0.1) is 11.3 Å². The Bertz CT molecular complexity index is 1500. The zero-order valence-electron chi connectivity index (χ0n) is 35.0. The first-order valence-corrected chi connectivity index (χ1v) is 20.8. The predicted octanol–water partition coefficient (Wildman–Crippen LogP) is 3.38. The summed E-state index contributed by atoms with van der Waals surface area (Å²) < 4.78 is 16.7. The van der Waals surface area contributed by atoms with E-state index in [1.54, 1.807) is 32.4 Å². The number of ether oxygens (including phenoxy) is 2. The molecule has 9 atom stereocenters. The van der Waals surface area contributed by atoms with Crippen LogP contribution in [0.2, 0.25) is 0 Å². The van der Waals surface area contributed by atoms with E-state index >= 15 is 0 Å². The Labute approximate surface area is 338 Å². The van der Waals surface area contributed by atoms with Gasteiger partial charge in [0, 0.05) is 39.4 Å². The second kappa shape index (κ2) is 23.1. The van der Waals surface area contributed by atoms with E-state index in [1.165, 1.54) is 11.3 Å². The molecule has 0 saturated carbocycles. The number of carbonyl (C=O) groups excluding carboxylic acids is 4. The van der Waals surface area contributed by atoms with Crippen molar-refractivity contribution in [3.63, 3.8) is 0 Å². The quantitative estimate of drug-likeness (QED) is 0.0964. The summed E-state index contributed by atoms with van der Waals surface area (Å²) in [4.78, 5) is 63.8. The predicted molar refractivity (Wildman–Crippen MR) is 220 cm³/mol. The standard InChI is InChI=1S/C40H66BN7O7S/c1-11-26(6)35(47(8)40(52)34(25(4)5)45-38(51)33(24(2)3)46-41-55-42)31(53-9)23-32(49)48-20-15-18-30(48)36(54-10)27(7)37(50)44-29(39-43-19-21-56-39)22-28-16-13-12-14-17-28/h12-14,16-17,19,21,24-27,29-31,33-36,41,46H,11,15,18,20,22-23,42H2,1-10H3,(H,44,50)(H,45,51)/t26-,27+,29?,30-,31+,33?,34-,35-,36+/m0/s1. The molecule has 0 bridgehead atoms. The van der Waals surface area contributed by atoms with Crippen molar-refractivity contribution in [2.75, 3.05) is 27.8 Å². The molecule has 2 unspecified atom stereocenters. The highest BCUT2D eigenvalue weighted by Crippen LogP contribution is 2.30. The van der Waals surface area contributed by atoms with E-state index in [0.29, 0.717) is 19.4 Å². The maximum Gasteiger partial charge on any atom is 0.384 e. The molecule has 4 amide bonds. The van der Waals surface area contributed by atoms with Crippen LogP contribution in [-0.2, 0) is 39.8 Å².